The first-order valence-corrected chi connectivity index (χ1v) is 13.5. The van der Waals surface area contributed by atoms with Crippen LogP contribution in [0.3, 0.4) is 0 Å². The first kappa shape index (κ1) is 24.2. The smallest absolute Gasteiger partial charge is 0.259 e. The van der Waals surface area contributed by atoms with Crippen molar-refractivity contribution in [1.29, 1.82) is 0 Å². The lowest BCUT2D eigenvalue weighted by Crippen LogP contribution is -2.14. The van der Waals surface area contributed by atoms with Gasteiger partial charge in [0.05, 0.1) is 14.5 Å². The van der Waals surface area contributed by atoms with E-state index >= 15 is 0 Å². The van der Waals surface area contributed by atoms with Gasteiger partial charge in [-0.25, -0.2) is 4.99 Å². The zero-order chi connectivity index (χ0) is 23.5. The number of aliphatic imine (C=N–C) groups is 1. The van der Waals surface area contributed by atoms with Crippen LogP contribution in [0.1, 0.15) is 63.2 Å². The van der Waals surface area contributed by atoms with Crippen molar-refractivity contribution in [2.45, 2.75) is 52.4 Å². The second kappa shape index (κ2) is 10.5. The molecule has 0 saturated carbocycles. The Labute approximate surface area is 215 Å². The number of hydrogen-bond donors (Lipinski definition) is 2. The van der Waals surface area contributed by atoms with Crippen LogP contribution in [0.25, 0.3) is 0 Å². The maximum Gasteiger partial charge on any atom is 0.259 e. The summed E-state index contributed by atoms with van der Waals surface area (Å²) in [5.74, 6) is 0.0521. The van der Waals surface area contributed by atoms with Crippen molar-refractivity contribution < 1.29 is 9.90 Å². The van der Waals surface area contributed by atoms with Gasteiger partial charge >= 0.3 is 0 Å². The molecule has 4 rings (SSSR count). The minimum Gasteiger partial charge on any atom is -0.506 e. The number of hydrogen-bond acceptors (Lipinski definition) is 4. The molecule has 0 bridgehead atoms. The average molecular weight is 590 g/mol. The van der Waals surface area contributed by atoms with Gasteiger partial charge in [0, 0.05) is 16.8 Å². The summed E-state index contributed by atoms with van der Waals surface area (Å²) in [7, 11) is 0. The summed E-state index contributed by atoms with van der Waals surface area (Å²) in [5, 5.41) is 13.8. The highest BCUT2D eigenvalue weighted by atomic mass is 79.9. The number of phenols is 1. The molecule has 0 saturated heterocycles. The highest BCUT2D eigenvalue weighted by Gasteiger charge is 2.24. The Morgan fingerprint density at radius 2 is 1.73 bits per heavy atom. The van der Waals surface area contributed by atoms with E-state index in [0.717, 1.165) is 53.1 Å². The zero-order valence-corrected chi connectivity index (χ0v) is 22.7. The van der Waals surface area contributed by atoms with E-state index in [-0.39, 0.29) is 11.7 Å². The first-order valence-electron chi connectivity index (χ1n) is 11.1. The highest BCUT2D eigenvalue weighted by Crippen LogP contribution is 2.40. The number of halogens is 2. The molecule has 1 aromatic heterocycles. The van der Waals surface area contributed by atoms with Crippen LogP contribution >= 0.6 is 43.2 Å². The lowest BCUT2D eigenvalue weighted by atomic mass is 9.96. The molecule has 0 unspecified atom stereocenters. The number of benzene rings is 2. The number of aryl methyl sites for hydroxylation is 3. The summed E-state index contributed by atoms with van der Waals surface area (Å²) in [6, 6.07) is 9.61. The molecular formula is C26H26Br2N2O2S. The topological polar surface area (TPSA) is 61.7 Å². The molecule has 1 aliphatic carbocycles. The number of carbonyl (C=O) groups is 1. The number of rotatable bonds is 4. The third kappa shape index (κ3) is 5.58. The van der Waals surface area contributed by atoms with E-state index in [2.05, 4.69) is 51.0 Å². The van der Waals surface area contributed by atoms with E-state index in [1.165, 1.54) is 23.3 Å². The number of nitrogens with zero attached hydrogens (tertiary/aromatic N) is 1. The molecule has 0 radical (unpaired) electrons. The fourth-order valence-corrected chi connectivity index (χ4v) is 6.49. The monoisotopic (exact) mass is 588 g/mol. The van der Waals surface area contributed by atoms with Crippen molar-refractivity contribution in [2.24, 2.45) is 4.99 Å². The van der Waals surface area contributed by atoms with Crippen LogP contribution in [0.4, 0.5) is 10.7 Å². The van der Waals surface area contributed by atoms with Gasteiger partial charge in [-0.1, -0.05) is 18.9 Å². The molecule has 1 aliphatic rings. The van der Waals surface area contributed by atoms with Gasteiger partial charge in [0.1, 0.15) is 10.8 Å². The fourth-order valence-electron chi connectivity index (χ4n) is 4.04. The SMILES string of the molecule is Cc1ccc(NC(=O)c2c(N=Cc3cc(Br)c(O)c(Br)c3)sc3c2CCCCCC3)cc1C. The molecule has 2 N–H and O–H groups in total. The number of carbonyl (C=O) groups excluding carboxylic acids is 1. The molecule has 0 aliphatic heterocycles. The van der Waals surface area contributed by atoms with E-state index in [1.54, 1.807) is 17.6 Å². The van der Waals surface area contributed by atoms with Crippen molar-refractivity contribution in [3.05, 3.63) is 72.0 Å². The standard InChI is InChI=1S/C26H26Br2N2O2S/c1-15-9-10-18(11-16(15)2)30-25(32)23-19-7-5-3-4-6-8-22(19)33-26(23)29-14-17-12-20(27)24(31)21(28)13-17/h9-14,31H,3-8H2,1-2H3,(H,30,32). The van der Waals surface area contributed by atoms with Gasteiger partial charge in [0.2, 0.25) is 0 Å². The summed E-state index contributed by atoms with van der Waals surface area (Å²) in [5.41, 5.74) is 5.83. The van der Waals surface area contributed by atoms with Crippen LogP contribution in [0.2, 0.25) is 0 Å². The summed E-state index contributed by atoms with van der Waals surface area (Å²) < 4.78 is 1.17. The second-order valence-corrected chi connectivity index (χ2v) is 11.2. The predicted octanol–water partition coefficient (Wildman–Crippen LogP) is 8.26. The number of thiophene rings is 1. The van der Waals surface area contributed by atoms with Gasteiger partial charge in [-0.15, -0.1) is 11.3 Å². The van der Waals surface area contributed by atoms with E-state index in [0.29, 0.717) is 14.5 Å². The van der Waals surface area contributed by atoms with Gasteiger partial charge in [-0.05, 0) is 118 Å². The maximum absolute atomic E-state index is 13.5. The highest BCUT2D eigenvalue weighted by molar-refractivity contribution is 9.11. The molecule has 1 amide bonds. The van der Waals surface area contributed by atoms with Gasteiger partial charge in [0.15, 0.2) is 0 Å². The van der Waals surface area contributed by atoms with E-state index in [1.807, 2.05) is 30.3 Å². The lowest BCUT2D eigenvalue weighted by molar-refractivity contribution is 0.102. The van der Waals surface area contributed by atoms with E-state index in [9.17, 15) is 9.90 Å². The molecule has 4 nitrogen and oxygen atoms in total. The van der Waals surface area contributed by atoms with Crippen molar-refractivity contribution in [3.8, 4) is 5.75 Å². The summed E-state index contributed by atoms with van der Waals surface area (Å²) in [6.45, 7) is 4.12. The van der Waals surface area contributed by atoms with Crippen LogP contribution in [0.15, 0.2) is 44.3 Å². The largest absolute Gasteiger partial charge is 0.506 e. The molecule has 0 fully saturated rings. The van der Waals surface area contributed by atoms with E-state index in [4.69, 9.17) is 4.99 Å². The van der Waals surface area contributed by atoms with Crippen molar-refractivity contribution >= 4 is 66.0 Å². The van der Waals surface area contributed by atoms with Crippen molar-refractivity contribution in [2.75, 3.05) is 5.32 Å². The first-order chi connectivity index (χ1) is 15.8. The number of aromatic hydroxyl groups is 1. The fraction of sp³-hybridized carbons (Fsp3) is 0.308. The molecule has 0 atom stereocenters. The van der Waals surface area contributed by atoms with Crippen LogP contribution in [-0.2, 0) is 12.8 Å². The van der Waals surface area contributed by atoms with Crippen LogP contribution in [-0.4, -0.2) is 17.2 Å². The Bertz CT molecular complexity index is 1210. The summed E-state index contributed by atoms with van der Waals surface area (Å²) >= 11 is 8.37. The van der Waals surface area contributed by atoms with Gasteiger partial charge in [-0.3, -0.25) is 4.79 Å². The Morgan fingerprint density at radius 3 is 2.42 bits per heavy atom. The second-order valence-electron chi connectivity index (χ2n) is 8.44. The molecule has 0 spiro atoms. The third-order valence-electron chi connectivity index (χ3n) is 6.01. The Morgan fingerprint density at radius 1 is 1.03 bits per heavy atom. The number of amides is 1. The number of phenolic OH excluding ortho intramolecular Hbond substituents is 1. The molecule has 2 aromatic carbocycles. The van der Waals surface area contributed by atoms with Crippen LogP contribution in [0, 0.1) is 13.8 Å². The Kier molecular flexibility index (Phi) is 7.72. The summed E-state index contributed by atoms with van der Waals surface area (Å²) in [4.78, 5) is 19.5. The minimum absolute atomic E-state index is 0.100. The molecule has 7 heteroatoms. The normalized spacial score (nSPS) is 14.1. The number of fused-ring (bicyclic) bond motifs is 1. The van der Waals surface area contributed by atoms with Gasteiger partial charge in [-0.2, -0.15) is 0 Å². The molecule has 3 aromatic rings. The minimum atomic E-state index is -0.100. The van der Waals surface area contributed by atoms with Crippen LogP contribution in [0.5, 0.6) is 5.75 Å². The Hall–Kier alpha value is -1.96. The van der Waals surface area contributed by atoms with Crippen molar-refractivity contribution in [1.82, 2.24) is 0 Å². The average Bonchev–Trinajstić information content (AvgIpc) is 3.09. The Balaban J connectivity index is 1.72. The quantitative estimate of drug-likeness (QED) is 0.301. The van der Waals surface area contributed by atoms with E-state index < -0.39 is 0 Å². The molecular weight excluding hydrogens is 564 g/mol. The predicted molar refractivity (Wildman–Crippen MR) is 145 cm³/mol. The van der Waals surface area contributed by atoms with Gasteiger partial charge in [0.25, 0.3) is 5.91 Å². The number of nitrogens with one attached hydrogen (secondary N) is 1. The molecule has 1 heterocycles. The number of anilines is 1. The zero-order valence-electron chi connectivity index (χ0n) is 18.7. The lowest BCUT2D eigenvalue weighted by Gasteiger charge is -2.12. The molecule has 33 heavy (non-hydrogen) atoms. The third-order valence-corrected chi connectivity index (χ3v) is 8.42. The van der Waals surface area contributed by atoms with Gasteiger partial charge < -0.3 is 10.4 Å². The summed E-state index contributed by atoms with van der Waals surface area (Å²) in [6.07, 6.45) is 8.32. The van der Waals surface area contributed by atoms with Crippen molar-refractivity contribution in [3.63, 3.8) is 0 Å². The molecule has 172 valence electrons. The van der Waals surface area contributed by atoms with Crippen LogP contribution < -0.4 is 5.32 Å². The maximum atomic E-state index is 13.5.